The van der Waals surface area contributed by atoms with E-state index < -0.39 is 47.4 Å². The largest absolute Gasteiger partial charge is 0.360 e. The number of halogens is 2. The molecule has 8 heteroatoms. The van der Waals surface area contributed by atoms with Gasteiger partial charge in [-0.15, -0.1) is 0 Å². The normalized spacial score (nSPS) is 25.6. The molecule has 0 saturated carbocycles. The van der Waals surface area contributed by atoms with Gasteiger partial charge in [0.2, 0.25) is 17.7 Å². The molecule has 0 radical (unpaired) electrons. The Balaban J connectivity index is 1.42. The van der Waals surface area contributed by atoms with Crippen molar-refractivity contribution in [3.63, 3.8) is 0 Å². The quantitative estimate of drug-likeness (QED) is 0.247. The lowest BCUT2D eigenvalue weighted by atomic mass is 9.80. The third-order valence-electron chi connectivity index (χ3n) is 7.42. The summed E-state index contributed by atoms with van der Waals surface area (Å²) in [7, 11) is 0. The summed E-state index contributed by atoms with van der Waals surface area (Å²) in [6.45, 7) is 3.34. The van der Waals surface area contributed by atoms with Gasteiger partial charge in [-0.2, -0.15) is 13.8 Å². The van der Waals surface area contributed by atoms with Gasteiger partial charge in [-0.05, 0) is 42.7 Å². The van der Waals surface area contributed by atoms with Crippen LogP contribution in [-0.2, 0) is 30.3 Å². The van der Waals surface area contributed by atoms with Crippen molar-refractivity contribution in [2.24, 2.45) is 0 Å². The Kier molecular flexibility index (Phi) is 6.76. The molecule has 3 heterocycles. The Morgan fingerprint density at radius 3 is 1.80 bits per heavy atom. The predicted octanol–water partition coefficient (Wildman–Crippen LogP) is 5.43. The molecular weight excluding hydrogens is 516 g/mol. The first kappa shape index (κ1) is 26.7. The lowest BCUT2D eigenvalue weighted by Gasteiger charge is -2.37. The molecule has 3 aromatic carbocycles. The first-order valence-corrected chi connectivity index (χ1v) is 13.1. The molecule has 0 bridgehead atoms. The van der Waals surface area contributed by atoms with E-state index in [4.69, 9.17) is 18.9 Å². The molecule has 6 rings (SSSR count). The summed E-state index contributed by atoms with van der Waals surface area (Å²) in [5.74, 6) is -5.58. The summed E-state index contributed by atoms with van der Waals surface area (Å²) in [4.78, 5) is 3.24. The first-order chi connectivity index (χ1) is 19.2. The van der Waals surface area contributed by atoms with E-state index in [0.717, 1.165) is 28.8 Å². The standard InChI is InChI=1S/C32H29F2NO5/c1-30(2)39-27-25(38-32(36,28(27)40-30)24-18-19-26(33)35-29(24)34)20-37-31(21-12-6-3-7-13-21,22-14-8-4-9-15-22)23-16-10-5-11-17-23/h3-19,25,27-28,36H,20H2,1-2H3/t25-,27-,28-,32-/m1/s1. The SMILES string of the molecule is CC1(C)O[C@H]2[C@@H](O1)[C@@](O)(c1ccc(F)nc1F)O[C@@H]2COC(c1ccccc1)(c1ccccc1)c1ccccc1. The van der Waals surface area contributed by atoms with Crippen LogP contribution in [0.2, 0.25) is 0 Å². The van der Waals surface area contributed by atoms with Crippen molar-refractivity contribution in [1.29, 1.82) is 0 Å². The molecule has 206 valence electrons. The average Bonchev–Trinajstić information content (AvgIpc) is 3.42. The fraction of sp³-hybridized carbons (Fsp3) is 0.281. The summed E-state index contributed by atoms with van der Waals surface area (Å²) in [6, 6.07) is 31.5. The molecule has 2 fully saturated rings. The van der Waals surface area contributed by atoms with Crippen LogP contribution in [0.25, 0.3) is 0 Å². The molecule has 4 atom stereocenters. The molecule has 0 spiro atoms. The van der Waals surface area contributed by atoms with E-state index in [9.17, 15) is 13.9 Å². The highest BCUT2D eigenvalue weighted by atomic mass is 19.1. The minimum Gasteiger partial charge on any atom is -0.360 e. The second-order valence-electron chi connectivity index (χ2n) is 10.4. The van der Waals surface area contributed by atoms with Gasteiger partial charge in [-0.1, -0.05) is 91.0 Å². The molecule has 6 nitrogen and oxygen atoms in total. The fourth-order valence-corrected chi connectivity index (χ4v) is 5.73. The van der Waals surface area contributed by atoms with Crippen molar-refractivity contribution in [2.45, 2.75) is 49.3 Å². The van der Waals surface area contributed by atoms with Gasteiger partial charge in [0.25, 0.3) is 0 Å². The van der Waals surface area contributed by atoms with Crippen LogP contribution in [0.4, 0.5) is 8.78 Å². The second kappa shape index (κ2) is 10.1. The minimum atomic E-state index is -2.29. The van der Waals surface area contributed by atoms with Gasteiger partial charge >= 0.3 is 0 Å². The van der Waals surface area contributed by atoms with Gasteiger partial charge in [0.1, 0.15) is 23.9 Å². The predicted molar refractivity (Wildman–Crippen MR) is 142 cm³/mol. The van der Waals surface area contributed by atoms with Crippen molar-refractivity contribution in [3.8, 4) is 0 Å². The van der Waals surface area contributed by atoms with Gasteiger partial charge in [-0.25, -0.2) is 0 Å². The molecule has 1 N–H and O–H groups in total. The summed E-state index contributed by atoms with van der Waals surface area (Å²) in [5, 5.41) is 11.7. The van der Waals surface area contributed by atoms with E-state index >= 15 is 0 Å². The number of benzene rings is 3. The Hall–Kier alpha value is -3.53. The molecular formula is C32H29F2NO5. The van der Waals surface area contributed by atoms with E-state index in [1.807, 2.05) is 91.0 Å². The molecule has 1 aromatic heterocycles. The third-order valence-corrected chi connectivity index (χ3v) is 7.42. The molecule has 0 aliphatic carbocycles. The Morgan fingerprint density at radius 2 is 1.30 bits per heavy atom. The second-order valence-corrected chi connectivity index (χ2v) is 10.4. The number of aromatic nitrogens is 1. The van der Waals surface area contributed by atoms with Crippen LogP contribution >= 0.6 is 0 Å². The molecule has 4 aromatic rings. The third kappa shape index (κ3) is 4.52. The molecule has 2 aliphatic rings. The zero-order valence-corrected chi connectivity index (χ0v) is 22.0. The zero-order chi connectivity index (χ0) is 28.0. The average molecular weight is 546 g/mol. The Morgan fingerprint density at radius 1 is 0.775 bits per heavy atom. The minimum absolute atomic E-state index is 0.0577. The van der Waals surface area contributed by atoms with Crippen LogP contribution in [0.1, 0.15) is 36.1 Å². The maximum absolute atomic E-state index is 14.8. The highest BCUT2D eigenvalue weighted by molar-refractivity contribution is 5.47. The van der Waals surface area contributed by atoms with Crippen LogP contribution < -0.4 is 0 Å². The van der Waals surface area contributed by atoms with Gasteiger partial charge < -0.3 is 24.1 Å². The van der Waals surface area contributed by atoms with Crippen LogP contribution in [0.15, 0.2) is 103 Å². The fourth-order valence-electron chi connectivity index (χ4n) is 5.73. The van der Waals surface area contributed by atoms with E-state index in [1.54, 1.807) is 13.8 Å². The maximum Gasteiger partial charge on any atom is 0.227 e. The highest BCUT2D eigenvalue weighted by Gasteiger charge is 2.64. The molecule has 0 unspecified atom stereocenters. The van der Waals surface area contributed by atoms with E-state index in [2.05, 4.69) is 4.98 Å². The number of nitrogens with zero attached hydrogens (tertiary/aromatic N) is 1. The maximum atomic E-state index is 14.8. The number of fused-ring (bicyclic) bond motifs is 1. The lowest BCUT2D eigenvalue weighted by Crippen LogP contribution is -2.41. The van der Waals surface area contributed by atoms with Crippen LogP contribution in [0.3, 0.4) is 0 Å². The molecule has 2 saturated heterocycles. The molecule has 0 amide bonds. The zero-order valence-electron chi connectivity index (χ0n) is 22.0. The Bertz CT molecular complexity index is 1370. The first-order valence-electron chi connectivity index (χ1n) is 13.1. The number of ether oxygens (including phenoxy) is 4. The van der Waals surface area contributed by atoms with E-state index in [0.29, 0.717) is 0 Å². The van der Waals surface area contributed by atoms with Crippen molar-refractivity contribution >= 4 is 0 Å². The van der Waals surface area contributed by atoms with Crippen molar-refractivity contribution in [2.75, 3.05) is 6.61 Å². The summed E-state index contributed by atoms with van der Waals surface area (Å²) in [5.41, 5.74) is 1.26. The summed E-state index contributed by atoms with van der Waals surface area (Å²) in [6.07, 6.45) is -2.81. The smallest absolute Gasteiger partial charge is 0.227 e. The van der Waals surface area contributed by atoms with Crippen molar-refractivity contribution in [1.82, 2.24) is 4.98 Å². The van der Waals surface area contributed by atoms with Gasteiger partial charge in [0, 0.05) is 0 Å². The summed E-state index contributed by atoms with van der Waals surface area (Å²) < 4.78 is 53.6. The number of aliphatic hydroxyl groups is 1. The van der Waals surface area contributed by atoms with Gasteiger partial charge in [-0.3, -0.25) is 0 Å². The Labute approximate surface area is 231 Å². The van der Waals surface area contributed by atoms with Gasteiger partial charge in [0.15, 0.2) is 5.79 Å². The van der Waals surface area contributed by atoms with Crippen molar-refractivity contribution < 1.29 is 32.8 Å². The number of rotatable bonds is 7. The molecule has 40 heavy (non-hydrogen) atoms. The number of pyridine rings is 1. The van der Waals surface area contributed by atoms with E-state index in [-0.39, 0.29) is 12.2 Å². The van der Waals surface area contributed by atoms with Gasteiger partial charge in [0.05, 0.1) is 12.2 Å². The van der Waals surface area contributed by atoms with Crippen LogP contribution in [0.5, 0.6) is 0 Å². The molecule has 2 aliphatic heterocycles. The summed E-state index contributed by atoms with van der Waals surface area (Å²) >= 11 is 0. The van der Waals surface area contributed by atoms with Crippen LogP contribution in [-0.4, -0.2) is 40.8 Å². The topological polar surface area (TPSA) is 70.0 Å². The number of hydrogen-bond donors (Lipinski definition) is 1. The van der Waals surface area contributed by atoms with E-state index in [1.165, 1.54) is 0 Å². The van der Waals surface area contributed by atoms with Crippen molar-refractivity contribution in [3.05, 3.63) is 137 Å². The lowest BCUT2D eigenvalue weighted by molar-refractivity contribution is -0.287. The van der Waals surface area contributed by atoms with Crippen LogP contribution in [0, 0.1) is 11.9 Å². The monoisotopic (exact) mass is 545 g/mol. The highest BCUT2D eigenvalue weighted by Crippen LogP contribution is 2.49. The number of hydrogen-bond acceptors (Lipinski definition) is 6.